The SMILES string of the molecule is NC(=O)C1=C(Nc2cccc3c2ccn3CC(F)F)NC(=N[C@@H]2CCCC[C@@H]2N)NN1. The lowest BCUT2D eigenvalue weighted by Crippen LogP contribution is -2.55. The van der Waals surface area contributed by atoms with Crippen molar-refractivity contribution >= 4 is 28.5 Å². The highest BCUT2D eigenvalue weighted by molar-refractivity contribution is 5.98. The number of hydrogen-bond donors (Lipinski definition) is 6. The Morgan fingerprint density at radius 2 is 2.06 bits per heavy atom. The zero-order chi connectivity index (χ0) is 22.0. The maximum absolute atomic E-state index is 12.9. The number of anilines is 1. The van der Waals surface area contributed by atoms with Gasteiger partial charge in [0.1, 0.15) is 5.82 Å². The Hall–Kier alpha value is -3.34. The van der Waals surface area contributed by atoms with Gasteiger partial charge in [0.15, 0.2) is 5.70 Å². The van der Waals surface area contributed by atoms with Crippen LogP contribution in [0.1, 0.15) is 25.7 Å². The zero-order valence-electron chi connectivity index (χ0n) is 16.9. The molecule has 9 nitrogen and oxygen atoms in total. The quantitative estimate of drug-likeness (QED) is 0.407. The Kier molecular flexibility index (Phi) is 5.94. The van der Waals surface area contributed by atoms with Gasteiger partial charge in [-0.2, -0.15) is 0 Å². The fourth-order valence-corrected chi connectivity index (χ4v) is 3.98. The number of fused-ring (bicyclic) bond motifs is 1. The number of nitrogens with one attached hydrogen (secondary N) is 4. The molecular weight excluding hydrogens is 406 g/mol. The number of hydrogen-bond acceptors (Lipinski definition) is 5. The van der Waals surface area contributed by atoms with Gasteiger partial charge in [0.05, 0.1) is 18.1 Å². The maximum Gasteiger partial charge on any atom is 0.270 e. The number of benzene rings is 1. The van der Waals surface area contributed by atoms with Crippen LogP contribution in [-0.4, -0.2) is 34.9 Å². The van der Waals surface area contributed by atoms with E-state index in [1.165, 1.54) is 4.57 Å². The van der Waals surface area contributed by atoms with Crippen molar-refractivity contribution in [3.63, 3.8) is 0 Å². The number of nitrogens with zero attached hydrogens (tertiary/aromatic N) is 2. The van der Waals surface area contributed by atoms with Crippen LogP contribution in [0, 0.1) is 0 Å². The highest BCUT2D eigenvalue weighted by Gasteiger charge is 2.25. The van der Waals surface area contributed by atoms with Gasteiger partial charge < -0.3 is 26.7 Å². The lowest BCUT2D eigenvalue weighted by Gasteiger charge is -2.29. The Labute approximate surface area is 177 Å². The van der Waals surface area contributed by atoms with Crippen molar-refractivity contribution in [1.29, 1.82) is 0 Å². The molecule has 2 atom stereocenters. The van der Waals surface area contributed by atoms with Crippen LogP contribution in [0.5, 0.6) is 0 Å². The smallest absolute Gasteiger partial charge is 0.270 e. The van der Waals surface area contributed by atoms with Gasteiger partial charge in [-0.25, -0.2) is 13.8 Å². The number of carbonyl (C=O) groups excluding carboxylic acids is 1. The van der Waals surface area contributed by atoms with Crippen molar-refractivity contribution in [2.45, 2.75) is 50.7 Å². The van der Waals surface area contributed by atoms with E-state index in [-0.39, 0.29) is 17.8 Å². The number of hydrazine groups is 1. The van der Waals surface area contributed by atoms with Crippen LogP contribution in [0.2, 0.25) is 0 Å². The zero-order valence-corrected chi connectivity index (χ0v) is 16.9. The summed E-state index contributed by atoms with van der Waals surface area (Å²) in [5, 5.41) is 6.95. The lowest BCUT2D eigenvalue weighted by molar-refractivity contribution is -0.115. The maximum atomic E-state index is 12.9. The van der Waals surface area contributed by atoms with Gasteiger partial charge in [0.2, 0.25) is 5.96 Å². The number of nitrogens with two attached hydrogens (primary N) is 2. The summed E-state index contributed by atoms with van der Waals surface area (Å²) in [6, 6.07) is 6.99. The molecule has 0 unspecified atom stereocenters. The molecule has 166 valence electrons. The number of carbonyl (C=O) groups is 1. The molecule has 1 aromatic heterocycles. The van der Waals surface area contributed by atoms with E-state index in [1.807, 2.05) is 0 Å². The van der Waals surface area contributed by atoms with Crippen LogP contribution < -0.4 is 33.0 Å². The van der Waals surface area contributed by atoms with Crippen LogP contribution in [0.15, 0.2) is 47.0 Å². The second-order valence-corrected chi connectivity index (χ2v) is 7.71. The molecule has 8 N–H and O–H groups in total. The summed E-state index contributed by atoms with van der Waals surface area (Å²) >= 11 is 0. The number of halogens is 2. The molecular formula is C20H26F2N8O. The molecule has 1 amide bonds. The number of rotatable bonds is 6. The first-order valence-corrected chi connectivity index (χ1v) is 10.2. The number of alkyl halides is 2. The molecule has 1 aromatic carbocycles. The van der Waals surface area contributed by atoms with E-state index >= 15 is 0 Å². The van der Waals surface area contributed by atoms with Crippen LogP contribution >= 0.6 is 0 Å². The largest absolute Gasteiger partial charge is 0.364 e. The first-order chi connectivity index (χ1) is 14.9. The van der Waals surface area contributed by atoms with Crippen molar-refractivity contribution in [3.05, 3.63) is 42.0 Å². The molecule has 11 heteroatoms. The third-order valence-electron chi connectivity index (χ3n) is 5.53. The molecule has 2 heterocycles. The molecule has 1 aliphatic carbocycles. The monoisotopic (exact) mass is 432 g/mol. The Morgan fingerprint density at radius 3 is 2.81 bits per heavy atom. The average Bonchev–Trinajstić information content (AvgIpc) is 3.13. The average molecular weight is 432 g/mol. The number of aliphatic imine (C=N–C) groups is 1. The molecule has 0 bridgehead atoms. The molecule has 1 aliphatic heterocycles. The second kappa shape index (κ2) is 8.80. The summed E-state index contributed by atoms with van der Waals surface area (Å²) in [7, 11) is 0. The highest BCUT2D eigenvalue weighted by Crippen LogP contribution is 2.26. The predicted molar refractivity (Wildman–Crippen MR) is 115 cm³/mol. The summed E-state index contributed by atoms with van der Waals surface area (Å²) in [5.74, 6) is 0.0409. The number of aromatic nitrogens is 1. The molecule has 1 fully saturated rings. The molecule has 1 saturated carbocycles. The molecule has 0 saturated heterocycles. The lowest BCUT2D eigenvalue weighted by atomic mass is 9.91. The van der Waals surface area contributed by atoms with Crippen molar-refractivity contribution in [3.8, 4) is 0 Å². The minimum absolute atomic E-state index is 0.0221. The highest BCUT2D eigenvalue weighted by atomic mass is 19.3. The molecule has 4 rings (SSSR count). The van der Waals surface area contributed by atoms with Crippen molar-refractivity contribution in [2.24, 2.45) is 16.5 Å². The van der Waals surface area contributed by atoms with Gasteiger partial charge in [-0.1, -0.05) is 18.9 Å². The predicted octanol–water partition coefficient (Wildman–Crippen LogP) is 1.30. The van der Waals surface area contributed by atoms with E-state index < -0.39 is 18.9 Å². The van der Waals surface area contributed by atoms with Crippen molar-refractivity contribution < 1.29 is 13.6 Å². The number of guanidine groups is 1. The first kappa shape index (κ1) is 20.9. The standard InChI is InChI=1S/C20H26F2N8O/c21-16(22)10-30-9-8-11-13(6-3-7-15(11)30)25-19-17(18(24)31)28-29-20(27-19)26-14-5-2-1-4-12(14)23/h3,6-9,12,14,16,25,28H,1-2,4-5,10,23H2,(H2,24,31)(H2,26,27,29)/t12-,14+/m0/s1. The fraction of sp³-hybridized carbons (Fsp3) is 0.400. The van der Waals surface area contributed by atoms with Gasteiger partial charge in [0.25, 0.3) is 12.3 Å². The van der Waals surface area contributed by atoms with E-state index in [1.54, 1.807) is 30.5 Å². The third-order valence-corrected chi connectivity index (χ3v) is 5.53. The van der Waals surface area contributed by atoms with Gasteiger partial charge in [-0.3, -0.25) is 15.6 Å². The Bertz CT molecular complexity index is 1030. The number of primary amides is 1. The molecule has 2 aromatic rings. The van der Waals surface area contributed by atoms with Crippen LogP contribution in [-0.2, 0) is 11.3 Å². The molecule has 31 heavy (non-hydrogen) atoms. The second-order valence-electron chi connectivity index (χ2n) is 7.71. The first-order valence-electron chi connectivity index (χ1n) is 10.2. The van der Waals surface area contributed by atoms with Crippen molar-refractivity contribution in [1.82, 2.24) is 20.7 Å². The van der Waals surface area contributed by atoms with Gasteiger partial charge in [-0.15, -0.1) is 0 Å². The van der Waals surface area contributed by atoms with E-state index in [0.717, 1.165) is 31.1 Å². The number of amides is 1. The summed E-state index contributed by atoms with van der Waals surface area (Å²) < 4.78 is 27.2. The van der Waals surface area contributed by atoms with E-state index in [2.05, 4.69) is 26.5 Å². The van der Waals surface area contributed by atoms with Crippen LogP contribution in [0.4, 0.5) is 14.5 Å². The summed E-state index contributed by atoms with van der Waals surface area (Å²) in [4.78, 5) is 16.6. The van der Waals surface area contributed by atoms with Crippen molar-refractivity contribution in [2.75, 3.05) is 5.32 Å². The summed E-state index contributed by atoms with van der Waals surface area (Å²) in [6.07, 6.45) is 3.11. The summed E-state index contributed by atoms with van der Waals surface area (Å²) in [6.45, 7) is -0.398. The Balaban J connectivity index is 1.62. The normalized spacial score (nSPS) is 22.9. The topological polar surface area (TPSA) is 135 Å². The Morgan fingerprint density at radius 1 is 1.26 bits per heavy atom. The van der Waals surface area contributed by atoms with Crippen LogP contribution in [0.25, 0.3) is 10.9 Å². The third kappa shape index (κ3) is 4.55. The van der Waals surface area contributed by atoms with Gasteiger partial charge in [0, 0.05) is 23.3 Å². The molecule has 0 radical (unpaired) electrons. The van der Waals surface area contributed by atoms with E-state index in [4.69, 9.17) is 11.5 Å². The molecule has 2 aliphatic rings. The van der Waals surface area contributed by atoms with E-state index in [0.29, 0.717) is 23.0 Å². The minimum Gasteiger partial charge on any atom is -0.364 e. The minimum atomic E-state index is -2.46. The van der Waals surface area contributed by atoms with Gasteiger partial charge >= 0.3 is 0 Å². The summed E-state index contributed by atoms with van der Waals surface area (Å²) in [5.41, 5.74) is 18.7. The molecule has 0 spiro atoms. The van der Waals surface area contributed by atoms with Gasteiger partial charge in [-0.05, 0) is 31.0 Å². The van der Waals surface area contributed by atoms with Crippen LogP contribution in [0.3, 0.4) is 0 Å². The van der Waals surface area contributed by atoms with E-state index in [9.17, 15) is 13.6 Å². The fourth-order valence-electron chi connectivity index (χ4n) is 3.98.